The van der Waals surface area contributed by atoms with E-state index in [1.165, 1.54) is 18.7 Å². The van der Waals surface area contributed by atoms with Gasteiger partial charge in [0, 0.05) is 19.1 Å². The van der Waals surface area contributed by atoms with Crippen molar-refractivity contribution in [2.24, 2.45) is 0 Å². The summed E-state index contributed by atoms with van der Waals surface area (Å²) in [7, 11) is -1.26. The SMILES string of the molecule is CCC(C)c1nc(SC)c(C(C)=O)n1S(C)=O. The molecule has 0 spiro atoms. The number of carbonyl (C=O) groups is 1. The van der Waals surface area contributed by atoms with E-state index in [-0.39, 0.29) is 11.7 Å². The molecule has 1 heterocycles. The molecule has 6 heteroatoms. The molecule has 0 N–H and O–H groups in total. The zero-order valence-corrected chi connectivity index (χ0v) is 12.4. The number of thioether (sulfide) groups is 1. The summed E-state index contributed by atoms with van der Waals surface area (Å²) in [5.41, 5.74) is 0.466. The first kappa shape index (κ1) is 14.4. The van der Waals surface area contributed by atoms with Crippen LogP contribution in [0.15, 0.2) is 5.03 Å². The maximum atomic E-state index is 11.8. The Kier molecular flexibility index (Phi) is 4.94. The van der Waals surface area contributed by atoms with Crippen molar-refractivity contribution in [1.29, 1.82) is 0 Å². The maximum Gasteiger partial charge on any atom is 0.179 e. The van der Waals surface area contributed by atoms with Crippen LogP contribution >= 0.6 is 11.8 Å². The van der Waals surface area contributed by atoms with Gasteiger partial charge in [0.1, 0.15) is 27.5 Å². The van der Waals surface area contributed by atoms with E-state index in [0.717, 1.165) is 12.2 Å². The smallest absolute Gasteiger partial charge is 0.179 e. The molecule has 0 fully saturated rings. The third-order valence-corrected chi connectivity index (χ3v) is 4.22. The van der Waals surface area contributed by atoms with Crippen LogP contribution in [0.2, 0.25) is 0 Å². The number of aromatic nitrogens is 2. The quantitative estimate of drug-likeness (QED) is 0.611. The number of Topliss-reactive ketones (excluding diaryl/α,β-unsaturated/α-hetero) is 1. The molecule has 0 radical (unpaired) electrons. The van der Waals surface area contributed by atoms with E-state index in [1.807, 2.05) is 13.2 Å². The van der Waals surface area contributed by atoms with Crippen molar-refractivity contribution in [2.75, 3.05) is 12.5 Å². The number of hydrogen-bond acceptors (Lipinski definition) is 4. The second kappa shape index (κ2) is 5.82. The first-order valence-corrected chi connectivity index (χ1v) is 8.19. The predicted octanol–water partition coefficient (Wildman–Crippen LogP) is 2.46. The fraction of sp³-hybridized carbons (Fsp3) is 0.636. The van der Waals surface area contributed by atoms with Crippen LogP contribution < -0.4 is 0 Å². The summed E-state index contributed by atoms with van der Waals surface area (Å²) < 4.78 is 13.4. The lowest BCUT2D eigenvalue weighted by molar-refractivity contribution is 0.100. The molecule has 0 bridgehead atoms. The van der Waals surface area contributed by atoms with Crippen LogP contribution in [0.3, 0.4) is 0 Å². The van der Waals surface area contributed by atoms with Gasteiger partial charge in [0.25, 0.3) is 0 Å². The average molecular weight is 274 g/mol. The van der Waals surface area contributed by atoms with E-state index in [0.29, 0.717) is 10.7 Å². The van der Waals surface area contributed by atoms with Gasteiger partial charge in [0.2, 0.25) is 0 Å². The minimum atomic E-state index is -1.26. The number of carbonyl (C=O) groups excluding carboxylic acids is 1. The normalized spacial score (nSPS) is 14.6. The van der Waals surface area contributed by atoms with E-state index in [2.05, 4.69) is 11.9 Å². The summed E-state index contributed by atoms with van der Waals surface area (Å²) in [5, 5.41) is 0.669. The monoisotopic (exact) mass is 274 g/mol. The van der Waals surface area contributed by atoms with Gasteiger partial charge in [-0.15, -0.1) is 11.8 Å². The molecule has 1 aromatic rings. The highest BCUT2D eigenvalue weighted by Gasteiger charge is 2.24. The van der Waals surface area contributed by atoms with Gasteiger partial charge in [-0.1, -0.05) is 13.8 Å². The Hall–Kier alpha value is -0.620. The predicted molar refractivity (Wildman–Crippen MR) is 72.2 cm³/mol. The Morgan fingerprint density at radius 3 is 2.53 bits per heavy atom. The van der Waals surface area contributed by atoms with Gasteiger partial charge >= 0.3 is 0 Å². The third-order valence-electron chi connectivity index (χ3n) is 2.67. The van der Waals surface area contributed by atoms with Crippen LogP contribution in [0.5, 0.6) is 0 Å². The van der Waals surface area contributed by atoms with Crippen molar-refractivity contribution in [2.45, 2.75) is 38.1 Å². The van der Waals surface area contributed by atoms with Crippen molar-refractivity contribution < 1.29 is 9.00 Å². The molecule has 0 amide bonds. The molecule has 0 saturated carbocycles. The molecule has 0 saturated heterocycles. The second-order valence-corrected chi connectivity index (χ2v) is 5.92. The maximum absolute atomic E-state index is 11.8. The molecule has 1 aromatic heterocycles. The lowest BCUT2D eigenvalue weighted by atomic mass is 10.1. The summed E-state index contributed by atoms with van der Waals surface area (Å²) in [5.74, 6) is 0.840. The lowest BCUT2D eigenvalue weighted by Crippen LogP contribution is -2.14. The zero-order valence-electron chi connectivity index (χ0n) is 10.8. The van der Waals surface area contributed by atoms with E-state index in [1.54, 1.807) is 10.2 Å². The van der Waals surface area contributed by atoms with Crippen LogP contribution in [-0.4, -0.2) is 31.5 Å². The first-order chi connectivity index (χ1) is 7.93. The Bertz CT molecular complexity index is 455. The molecule has 2 atom stereocenters. The number of rotatable bonds is 5. The second-order valence-electron chi connectivity index (χ2n) is 3.91. The van der Waals surface area contributed by atoms with Gasteiger partial charge in [-0.05, 0) is 12.7 Å². The molecule has 0 aromatic carbocycles. The van der Waals surface area contributed by atoms with Gasteiger partial charge in [0.15, 0.2) is 5.78 Å². The molecule has 17 heavy (non-hydrogen) atoms. The minimum absolute atomic E-state index is 0.0911. The molecule has 0 aliphatic carbocycles. The largest absolute Gasteiger partial charge is 0.293 e. The highest BCUT2D eigenvalue weighted by Crippen LogP contribution is 2.27. The number of imidazole rings is 1. The topological polar surface area (TPSA) is 52.0 Å². The van der Waals surface area contributed by atoms with Gasteiger partial charge in [-0.3, -0.25) is 4.79 Å². The van der Waals surface area contributed by atoms with E-state index < -0.39 is 11.0 Å². The molecular formula is C11H18N2O2S2. The van der Waals surface area contributed by atoms with Crippen LogP contribution in [0, 0.1) is 0 Å². The Morgan fingerprint density at radius 2 is 2.18 bits per heavy atom. The van der Waals surface area contributed by atoms with E-state index in [9.17, 15) is 9.00 Å². The van der Waals surface area contributed by atoms with Gasteiger partial charge in [0.05, 0.1) is 0 Å². The fourth-order valence-corrected chi connectivity index (χ4v) is 3.22. The highest BCUT2D eigenvalue weighted by molar-refractivity contribution is 7.98. The number of hydrogen-bond donors (Lipinski definition) is 0. The summed E-state index contributed by atoms with van der Waals surface area (Å²) in [6, 6.07) is 0. The molecular weight excluding hydrogens is 256 g/mol. The Labute approximate surface area is 109 Å². The Balaban J connectivity index is 3.51. The lowest BCUT2D eigenvalue weighted by Gasteiger charge is -2.10. The minimum Gasteiger partial charge on any atom is -0.293 e. The van der Waals surface area contributed by atoms with Gasteiger partial charge in [-0.2, -0.15) is 0 Å². The summed E-state index contributed by atoms with van der Waals surface area (Å²) in [4.78, 5) is 16.1. The highest BCUT2D eigenvalue weighted by atomic mass is 32.2. The van der Waals surface area contributed by atoms with Crippen LogP contribution in [0.25, 0.3) is 0 Å². The van der Waals surface area contributed by atoms with Gasteiger partial charge in [-0.25, -0.2) is 13.2 Å². The fourth-order valence-electron chi connectivity index (χ4n) is 1.59. The number of ketones is 1. The summed E-state index contributed by atoms with van der Waals surface area (Å²) in [6.45, 7) is 5.56. The summed E-state index contributed by atoms with van der Waals surface area (Å²) in [6.07, 6.45) is 4.35. The molecule has 0 aliphatic heterocycles. The number of nitrogens with zero attached hydrogens (tertiary/aromatic N) is 2. The van der Waals surface area contributed by atoms with Crippen molar-refractivity contribution in [3.8, 4) is 0 Å². The third kappa shape index (κ3) is 2.80. The molecule has 0 aliphatic rings. The Morgan fingerprint density at radius 1 is 1.59 bits per heavy atom. The van der Waals surface area contributed by atoms with Crippen molar-refractivity contribution in [1.82, 2.24) is 8.96 Å². The van der Waals surface area contributed by atoms with Crippen LogP contribution in [0.4, 0.5) is 0 Å². The van der Waals surface area contributed by atoms with Crippen molar-refractivity contribution >= 4 is 28.5 Å². The van der Waals surface area contributed by atoms with E-state index in [4.69, 9.17) is 0 Å². The van der Waals surface area contributed by atoms with Crippen LogP contribution in [-0.2, 0) is 11.0 Å². The molecule has 2 unspecified atom stereocenters. The van der Waals surface area contributed by atoms with E-state index >= 15 is 0 Å². The molecule has 1 rings (SSSR count). The standard InChI is InChI=1S/C11H18N2O2S2/c1-6-7(2)10-12-11(16-4)9(8(3)14)13(10)17(5)15/h7H,6H2,1-5H3. The molecule has 4 nitrogen and oxygen atoms in total. The average Bonchev–Trinajstić information content (AvgIpc) is 2.67. The van der Waals surface area contributed by atoms with Gasteiger partial charge < -0.3 is 0 Å². The zero-order chi connectivity index (χ0) is 13.2. The van der Waals surface area contributed by atoms with Crippen molar-refractivity contribution in [3.63, 3.8) is 0 Å². The summed E-state index contributed by atoms with van der Waals surface area (Å²) >= 11 is 1.42. The van der Waals surface area contributed by atoms with Crippen molar-refractivity contribution in [3.05, 3.63) is 11.5 Å². The van der Waals surface area contributed by atoms with Crippen LogP contribution in [0.1, 0.15) is 49.4 Å². The molecule has 96 valence electrons. The first-order valence-electron chi connectivity index (χ1n) is 5.45.